The highest BCUT2D eigenvalue weighted by atomic mass is 35.5. The highest BCUT2D eigenvalue weighted by Crippen LogP contribution is 2.52. The van der Waals surface area contributed by atoms with Crippen molar-refractivity contribution < 1.29 is 0 Å². The molecule has 0 aliphatic heterocycles. The van der Waals surface area contributed by atoms with Gasteiger partial charge < -0.3 is 0 Å². The number of hydrogen-bond acceptors (Lipinski definition) is 2. The lowest BCUT2D eigenvalue weighted by molar-refractivity contribution is 0.430. The first-order chi connectivity index (χ1) is 12.8. The van der Waals surface area contributed by atoms with Crippen LogP contribution >= 0.6 is 11.6 Å². The second-order valence-corrected chi connectivity index (χ2v) is 8.00. The van der Waals surface area contributed by atoms with E-state index in [1.54, 1.807) is 0 Å². The van der Waals surface area contributed by atoms with Crippen molar-refractivity contribution in [1.82, 2.24) is 9.97 Å². The van der Waals surface area contributed by atoms with Crippen LogP contribution in [0.15, 0.2) is 54.6 Å². The smallest absolute Gasteiger partial charge is 0.137 e. The van der Waals surface area contributed by atoms with Crippen molar-refractivity contribution in [3.8, 4) is 11.3 Å². The Hall–Kier alpha value is -2.19. The quantitative estimate of drug-likeness (QED) is 0.543. The standard InChI is InChI=1S/C23H21ClN2/c24-22-20-21(25-19(26-22)14-16-8-2-1-3-9-16)18-11-5-4-10-17(18)15-23(20)12-6-7-13-23/h1-5,8-11H,6-7,12-15H2. The fraction of sp³-hybridized carbons (Fsp3) is 0.304. The molecule has 5 rings (SSSR count). The summed E-state index contributed by atoms with van der Waals surface area (Å²) >= 11 is 6.80. The third-order valence-corrected chi connectivity index (χ3v) is 6.28. The van der Waals surface area contributed by atoms with Gasteiger partial charge in [0.15, 0.2) is 0 Å². The predicted octanol–water partition coefficient (Wildman–Crippen LogP) is 5.76. The van der Waals surface area contributed by atoms with E-state index in [-0.39, 0.29) is 5.41 Å². The van der Waals surface area contributed by atoms with Gasteiger partial charge in [0.25, 0.3) is 0 Å². The maximum Gasteiger partial charge on any atom is 0.137 e. The van der Waals surface area contributed by atoms with Gasteiger partial charge >= 0.3 is 0 Å². The molecule has 130 valence electrons. The van der Waals surface area contributed by atoms with Gasteiger partial charge in [-0.05, 0) is 30.4 Å². The lowest BCUT2D eigenvalue weighted by atomic mass is 9.68. The Labute approximate surface area is 159 Å². The predicted molar refractivity (Wildman–Crippen MR) is 106 cm³/mol. The molecule has 26 heavy (non-hydrogen) atoms. The summed E-state index contributed by atoms with van der Waals surface area (Å²) in [6, 6.07) is 19.0. The number of rotatable bonds is 2. The fourth-order valence-electron chi connectivity index (χ4n) is 4.84. The van der Waals surface area contributed by atoms with Gasteiger partial charge in [0.05, 0.1) is 5.69 Å². The maximum atomic E-state index is 6.80. The Morgan fingerprint density at radius 2 is 1.62 bits per heavy atom. The minimum atomic E-state index is 0.131. The molecule has 1 aromatic heterocycles. The summed E-state index contributed by atoms with van der Waals surface area (Å²) in [5.74, 6) is 0.810. The van der Waals surface area contributed by atoms with Crippen LogP contribution in [0.25, 0.3) is 11.3 Å². The van der Waals surface area contributed by atoms with Crippen LogP contribution in [0, 0.1) is 0 Å². The Kier molecular flexibility index (Phi) is 3.82. The van der Waals surface area contributed by atoms with E-state index in [0.717, 1.165) is 17.9 Å². The number of fused-ring (bicyclic) bond motifs is 4. The zero-order valence-electron chi connectivity index (χ0n) is 14.7. The maximum absolute atomic E-state index is 6.80. The molecular formula is C23H21ClN2. The summed E-state index contributed by atoms with van der Waals surface area (Å²) < 4.78 is 0. The highest BCUT2D eigenvalue weighted by molar-refractivity contribution is 6.30. The molecule has 1 saturated carbocycles. The van der Waals surface area contributed by atoms with Crippen LogP contribution in [0.3, 0.4) is 0 Å². The van der Waals surface area contributed by atoms with E-state index in [9.17, 15) is 0 Å². The minimum Gasteiger partial charge on any atom is -0.232 e. The molecule has 2 aromatic carbocycles. The first-order valence-corrected chi connectivity index (χ1v) is 9.82. The number of hydrogen-bond donors (Lipinski definition) is 0. The second-order valence-electron chi connectivity index (χ2n) is 7.64. The lowest BCUT2D eigenvalue weighted by Crippen LogP contribution is -2.31. The number of halogens is 1. The van der Waals surface area contributed by atoms with E-state index in [1.807, 2.05) is 6.07 Å². The second kappa shape index (κ2) is 6.21. The molecule has 0 N–H and O–H groups in total. The Bertz CT molecular complexity index is 959. The molecule has 0 radical (unpaired) electrons. The van der Waals surface area contributed by atoms with Gasteiger partial charge in [-0.1, -0.05) is 79.0 Å². The Morgan fingerprint density at radius 1 is 0.885 bits per heavy atom. The molecule has 3 heteroatoms. The Morgan fingerprint density at radius 3 is 2.42 bits per heavy atom. The lowest BCUT2D eigenvalue weighted by Gasteiger charge is -2.37. The third-order valence-electron chi connectivity index (χ3n) is 6.01. The molecule has 0 saturated heterocycles. The van der Waals surface area contributed by atoms with E-state index < -0.39 is 0 Å². The number of nitrogens with zero attached hydrogens (tertiary/aromatic N) is 2. The van der Waals surface area contributed by atoms with Gasteiger partial charge in [0, 0.05) is 23.0 Å². The van der Waals surface area contributed by atoms with Gasteiger partial charge in [0.1, 0.15) is 11.0 Å². The Balaban J connectivity index is 1.68. The van der Waals surface area contributed by atoms with Crippen molar-refractivity contribution in [2.75, 3.05) is 0 Å². The van der Waals surface area contributed by atoms with Crippen LogP contribution in [0.5, 0.6) is 0 Å². The van der Waals surface area contributed by atoms with Crippen molar-refractivity contribution in [2.45, 2.75) is 43.9 Å². The highest BCUT2D eigenvalue weighted by Gasteiger charge is 2.43. The molecule has 0 bridgehead atoms. The van der Waals surface area contributed by atoms with Crippen LogP contribution < -0.4 is 0 Å². The van der Waals surface area contributed by atoms with Gasteiger partial charge in [-0.3, -0.25) is 0 Å². The molecule has 2 aliphatic carbocycles. The summed E-state index contributed by atoms with van der Waals surface area (Å²) in [6.07, 6.45) is 6.69. The molecule has 2 aliphatic rings. The van der Waals surface area contributed by atoms with Crippen molar-refractivity contribution >= 4 is 11.6 Å². The van der Waals surface area contributed by atoms with Gasteiger partial charge in [-0.2, -0.15) is 0 Å². The van der Waals surface area contributed by atoms with Gasteiger partial charge in [0.2, 0.25) is 0 Å². The van der Waals surface area contributed by atoms with E-state index in [1.165, 1.54) is 47.9 Å². The first kappa shape index (κ1) is 16.0. The normalized spacial score (nSPS) is 17.1. The van der Waals surface area contributed by atoms with Crippen molar-refractivity contribution in [3.05, 3.63) is 82.3 Å². The van der Waals surface area contributed by atoms with E-state index in [2.05, 4.69) is 48.5 Å². The van der Waals surface area contributed by atoms with Crippen LogP contribution in [-0.4, -0.2) is 9.97 Å². The van der Waals surface area contributed by atoms with E-state index in [0.29, 0.717) is 11.6 Å². The van der Waals surface area contributed by atoms with Crippen LogP contribution in [0.2, 0.25) is 5.15 Å². The topological polar surface area (TPSA) is 25.8 Å². The molecule has 1 fully saturated rings. The molecule has 0 atom stereocenters. The summed E-state index contributed by atoms with van der Waals surface area (Å²) in [4.78, 5) is 9.76. The summed E-state index contributed by atoms with van der Waals surface area (Å²) in [5.41, 5.74) is 6.25. The summed E-state index contributed by atoms with van der Waals surface area (Å²) in [6.45, 7) is 0. The molecule has 0 unspecified atom stereocenters. The van der Waals surface area contributed by atoms with Gasteiger partial charge in [-0.15, -0.1) is 0 Å². The van der Waals surface area contributed by atoms with E-state index >= 15 is 0 Å². The van der Waals surface area contributed by atoms with Crippen molar-refractivity contribution in [1.29, 1.82) is 0 Å². The van der Waals surface area contributed by atoms with Gasteiger partial charge in [-0.25, -0.2) is 9.97 Å². The van der Waals surface area contributed by atoms with Crippen LogP contribution in [0.1, 0.15) is 48.2 Å². The minimum absolute atomic E-state index is 0.131. The fourth-order valence-corrected chi connectivity index (χ4v) is 5.22. The first-order valence-electron chi connectivity index (χ1n) is 9.44. The third kappa shape index (κ3) is 2.55. The SMILES string of the molecule is Clc1nc(Cc2ccccc2)nc2c1C1(CCCC1)Cc1ccccc1-2. The van der Waals surface area contributed by atoms with E-state index in [4.69, 9.17) is 21.6 Å². The summed E-state index contributed by atoms with van der Waals surface area (Å²) in [5, 5.41) is 0.664. The summed E-state index contributed by atoms with van der Waals surface area (Å²) in [7, 11) is 0. The monoisotopic (exact) mass is 360 g/mol. The van der Waals surface area contributed by atoms with Crippen molar-refractivity contribution in [3.63, 3.8) is 0 Å². The largest absolute Gasteiger partial charge is 0.232 e. The number of benzene rings is 2. The molecule has 0 amide bonds. The van der Waals surface area contributed by atoms with Crippen LogP contribution in [0.4, 0.5) is 0 Å². The molecule has 1 heterocycles. The number of aromatic nitrogens is 2. The molecule has 2 nitrogen and oxygen atoms in total. The average molecular weight is 361 g/mol. The molecule has 3 aromatic rings. The van der Waals surface area contributed by atoms with Crippen LogP contribution in [-0.2, 0) is 18.3 Å². The zero-order valence-corrected chi connectivity index (χ0v) is 15.5. The van der Waals surface area contributed by atoms with Crippen molar-refractivity contribution in [2.24, 2.45) is 0 Å². The molecular weight excluding hydrogens is 340 g/mol. The zero-order chi connectivity index (χ0) is 17.6. The average Bonchev–Trinajstić information content (AvgIpc) is 3.11. The molecule has 1 spiro atoms.